The Morgan fingerprint density at radius 1 is 1.24 bits per heavy atom. The van der Waals surface area contributed by atoms with Crippen LogP contribution in [0.4, 0.5) is 0 Å². The first-order valence-electron chi connectivity index (χ1n) is 7.10. The molecule has 1 fully saturated rings. The first-order valence-corrected chi connectivity index (χ1v) is 7.98. The van der Waals surface area contributed by atoms with E-state index in [4.69, 9.17) is 4.74 Å². The summed E-state index contributed by atoms with van der Waals surface area (Å²) in [6.07, 6.45) is 0.332. The van der Waals surface area contributed by atoms with Crippen LogP contribution in [0.5, 0.6) is 0 Å². The van der Waals surface area contributed by atoms with E-state index in [2.05, 4.69) is 15.5 Å². The van der Waals surface area contributed by atoms with Crippen molar-refractivity contribution >= 4 is 23.2 Å². The van der Waals surface area contributed by atoms with Gasteiger partial charge in [0, 0.05) is 31.1 Å². The Labute approximate surface area is 128 Å². The molecule has 1 saturated heterocycles. The second kappa shape index (κ2) is 8.76. The van der Waals surface area contributed by atoms with Crippen molar-refractivity contribution in [3.63, 3.8) is 0 Å². The Hall–Kier alpha value is -1.44. The third-order valence-electron chi connectivity index (χ3n) is 3.21. The number of hydrogen-bond donors (Lipinski definition) is 2. The normalized spacial score (nSPS) is 15.6. The van der Waals surface area contributed by atoms with Crippen LogP contribution in [-0.2, 0) is 20.7 Å². The van der Waals surface area contributed by atoms with Gasteiger partial charge in [0.2, 0.25) is 11.8 Å². The van der Waals surface area contributed by atoms with E-state index < -0.39 is 0 Å². The highest BCUT2D eigenvalue weighted by molar-refractivity contribution is 7.10. The summed E-state index contributed by atoms with van der Waals surface area (Å²) in [6.45, 7) is 4.78. The molecule has 1 aromatic heterocycles. The van der Waals surface area contributed by atoms with Gasteiger partial charge in [-0.1, -0.05) is 6.07 Å². The standard InChI is InChI=1S/C14H21N3O3S/c18-13(10-12-2-1-9-21-12)16-11-14(19)15-3-4-17-5-7-20-8-6-17/h1-2,9H,3-8,10-11H2,(H,15,19)(H,16,18). The lowest BCUT2D eigenvalue weighted by molar-refractivity contribution is -0.125. The summed E-state index contributed by atoms with van der Waals surface area (Å²) in [6, 6.07) is 3.82. The molecule has 7 heteroatoms. The quantitative estimate of drug-likeness (QED) is 0.735. The van der Waals surface area contributed by atoms with E-state index in [0.717, 1.165) is 37.7 Å². The van der Waals surface area contributed by atoms with Gasteiger partial charge in [0.25, 0.3) is 0 Å². The number of thiophene rings is 1. The highest BCUT2D eigenvalue weighted by Gasteiger charge is 2.10. The highest BCUT2D eigenvalue weighted by atomic mass is 32.1. The van der Waals surface area contributed by atoms with Gasteiger partial charge in [0.15, 0.2) is 0 Å². The zero-order valence-electron chi connectivity index (χ0n) is 12.0. The molecule has 0 aliphatic carbocycles. The average molecular weight is 311 g/mol. The highest BCUT2D eigenvalue weighted by Crippen LogP contribution is 2.08. The third-order valence-corrected chi connectivity index (χ3v) is 4.09. The van der Waals surface area contributed by atoms with E-state index in [9.17, 15) is 9.59 Å². The monoisotopic (exact) mass is 311 g/mol. The molecule has 116 valence electrons. The van der Waals surface area contributed by atoms with Gasteiger partial charge < -0.3 is 15.4 Å². The summed E-state index contributed by atoms with van der Waals surface area (Å²) < 4.78 is 5.26. The van der Waals surface area contributed by atoms with Gasteiger partial charge in [-0.05, 0) is 11.4 Å². The SMILES string of the molecule is O=C(CNC(=O)Cc1cccs1)NCCN1CCOCC1. The van der Waals surface area contributed by atoms with Gasteiger partial charge in [-0.15, -0.1) is 11.3 Å². The van der Waals surface area contributed by atoms with Crippen molar-refractivity contribution < 1.29 is 14.3 Å². The van der Waals surface area contributed by atoms with Gasteiger partial charge in [0.1, 0.15) is 0 Å². The van der Waals surface area contributed by atoms with E-state index >= 15 is 0 Å². The maximum absolute atomic E-state index is 11.6. The molecule has 2 heterocycles. The number of hydrogen-bond acceptors (Lipinski definition) is 5. The lowest BCUT2D eigenvalue weighted by Gasteiger charge is -2.26. The van der Waals surface area contributed by atoms with Crippen molar-refractivity contribution in [1.29, 1.82) is 0 Å². The number of rotatable bonds is 7. The van der Waals surface area contributed by atoms with Crippen molar-refractivity contribution in [3.8, 4) is 0 Å². The van der Waals surface area contributed by atoms with Gasteiger partial charge >= 0.3 is 0 Å². The second-order valence-corrected chi connectivity index (χ2v) is 5.87. The van der Waals surface area contributed by atoms with Crippen LogP contribution in [0.15, 0.2) is 17.5 Å². The zero-order chi connectivity index (χ0) is 14.9. The molecular weight excluding hydrogens is 290 g/mol. The number of carbonyl (C=O) groups is 2. The molecule has 0 saturated carbocycles. The minimum Gasteiger partial charge on any atom is -0.379 e. The van der Waals surface area contributed by atoms with Crippen LogP contribution in [0.3, 0.4) is 0 Å². The summed E-state index contributed by atoms with van der Waals surface area (Å²) in [7, 11) is 0. The molecule has 0 spiro atoms. The van der Waals surface area contributed by atoms with Crippen LogP contribution in [0.25, 0.3) is 0 Å². The molecule has 21 heavy (non-hydrogen) atoms. The van der Waals surface area contributed by atoms with Crippen molar-refractivity contribution in [2.45, 2.75) is 6.42 Å². The summed E-state index contributed by atoms with van der Waals surface area (Å²) in [5.74, 6) is -0.274. The predicted octanol–water partition coefficient (Wildman–Crippen LogP) is -0.145. The third kappa shape index (κ3) is 6.24. The van der Waals surface area contributed by atoms with E-state index in [1.165, 1.54) is 11.3 Å². The maximum Gasteiger partial charge on any atom is 0.239 e. The number of ether oxygens (including phenoxy) is 1. The molecule has 0 atom stereocenters. The fraction of sp³-hybridized carbons (Fsp3) is 0.571. The lowest BCUT2D eigenvalue weighted by atomic mass is 10.3. The molecule has 2 N–H and O–H groups in total. The molecule has 1 aromatic rings. The molecule has 0 bridgehead atoms. The molecule has 6 nitrogen and oxygen atoms in total. The first-order chi connectivity index (χ1) is 10.2. The maximum atomic E-state index is 11.6. The first kappa shape index (κ1) is 15.9. The van der Waals surface area contributed by atoms with Gasteiger partial charge in [-0.25, -0.2) is 0 Å². The molecule has 1 aliphatic heterocycles. The van der Waals surface area contributed by atoms with Crippen molar-refractivity contribution in [1.82, 2.24) is 15.5 Å². The van der Waals surface area contributed by atoms with E-state index in [1.54, 1.807) is 0 Å². The number of nitrogens with one attached hydrogen (secondary N) is 2. The molecule has 0 unspecified atom stereocenters. The second-order valence-electron chi connectivity index (χ2n) is 4.84. The van der Waals surface area contributed by atoms with Crippen LogP contribution in [0.2, 0.25) is 0 Å². The van der Waals surface area contributed by atoms with Crippen molar-refractivity contribution in [3.05, 3.63) is 22.4 Å². The van der Waals surface area contributed by atoms with Crippen LogP contribution in [-0.4, -0.2) is 62.7 Å². The van der Waals surface area contributed by atoms with Crippen molar-refractivity contribution in [2.75, 3.05) is 45.9 Å². The molecule has 1 aliphatic rings. The smallest absolute Gasteiger partial charge is 0.239 e. The van der Waals surface area contributed by atoms with E-state index in [0.29, 0.717) is 13.0 Å². The van der Waals surface area contributed by atoms with Crippen LogP contribution in [0.1, 0.15) is 4.88 Å². The summed E-state index contributed by atoms with van der Waals surface area (Å²) in [4.78, 5) is 26.5. The lowest BCUT2D eigenvalue weighted by Crippen LogP contribution is -2.43. The van der Waals surface area contributed by atoms with E-state index in [1.807, 2.05) is 17.5 Å². The molecule has 0 radical (unpaired) electrons. The fourth-order valence-corrected chi connectivity index (χ4v) is 2.76. The summed E-state index contributed by atoms with van der Waals surface area (Å²) in [5.41, 5.74) is 0. The molecule has 2 amide bonds. The van der Waals surface area contributed by atoms with Crippen LogP contribution >= 0.6 is 11.3 Å². The van der Waals surface area contributed by atoms with Crippen LogP contribution < -0.4 is 10.6 Å². The van der Waals surface area contributed by atoms with Gasteiger partial charge in [0.05, 0.1) is 26.2 Å². The number of carbonyl (C=O) groups excluding carboxylic acids is 2. The number of nitrogens with zero attached hydrogens (tertiary/aromatic N) is 1. The minimum atomic E-state index is -0.150. The Bertz CT molecular complexity index is 444. The Kier molecular flexibility index (Phi) is 6.65. The summed E-state index contributed by atoms with van der Waals surface area (Å²) in [5, 5.41) is 7.37. The Morgan fingerprint density at radius 3 is 2.76 bits per heavy atom. The Morgan fingerprint density at radius 2 is 2.05 bits per heavy atom. The molecular formula is C14H21N3O3S. The number of morpholine rings is 1. The van der Waals surface area contributed by atoms with Crippen molar-refractivity contribution in [2.24, 2.45) is 0 Å². The molecule has 0 aromatic carbocycles. The number of amides is 2. The van der Waals surface area contributed by atoms with E-state index in [-0.39, 0.29) is 18.4 Å². The minimum absolute atomic E-state index is 0.0350. The topological polar surface area (TPSA) is 70.7 Å². The predicted molar refractivity (Wildman–Crippen MR) is 81.3 cm³/mol. The fourth-order valence-electron chi connectivity index (χ4n) is 2.05. The van der Waals surface area contributed by atoms with Gasteiger partial charge in [-0.3, -0.25) is 14.5 Å². The van der Waals surface area contributed by atoms with Gasteiger partial charge in [-0.2, -0.15) is 0 Å². The zero-order valence-corrected chi connectivity index (χ0v) is 12.8. The van der Waals surface area contributed by atoms with Crippen LogP contribution in [0, 0.1) is 0 Å². The molecule has 2 rings (SSSR count). The largest absolute Gasteiger partial charge is 0.379 e. The average Bonchev–Trinajstić information content (AvgIpc) is 2.99. The Balaban J connectivity index is 1.53. The summed E-state index contributed by atoms with van der Waals surface area (Å²) >= 11 is 1.54.